The van der Waals surface area contributed by atoms with Gasteiger partial charge in [-0.25, -0.2) is 4.98 Å². The van der Waals surface area contributed by atoms with Crippen LogP contribution in [0.4, 0.5) is 11.5 Å². The predicted molar refractivity (Wildman–Crippen MR) is 74.0 cm³/mol. The highest BCUT2D eigenvalue weighted by Gasteiger charge is 2.22. The topological polar surface area (TPSA) is 94.5 Å². The molecule has 1 aromatic rings. The Hall–Kier alpha value is -1.82. The van der Waals surface area contributed by atoms with E-state index in [-0.39, 0.29) is 6.10 Å². The van der Waals surface area contributed by atoms with Gasteiger partial charge in [0.1, 0.15) is 5.82 Å². The molecule has 1 saturated heterocycles. The fraction of sp³-hybridized carbons (Fsp3) is 0.538. The molecule has 6 heteroatoms. The lowest BCUT2D eigenvalue weighted by Crippen LogP contribution is -2.34. The highest BCUT2D eigenvalue weighted by molar-refractivity contribution is 5.98. The summed E-state index contributed by atoms with van der Waals surface area (Å²) in [6.45, 7) is 4.27. The number of ether oxygens (including phenoxy) is 1. The van der Waals surface area contributed by atoms with Crippen LogP contribution in [0.5, 0.6) is 0 Å². The van der Waals surface area contributed by atoms with Crippen LogP contribution in [0.25, 0.3) is 0 Å². The number of carbonyl (C=O) groups is 1. The minimum absolute atomic E-state index is 0.194. The number of anilines is 2. The van der Waals surface area contributed by atoms with Crippen LogP contribution in [0.15, 0.2) is 12.3 Å². The molecule has 1 aliphatic heterocycles. The quantitative estimate of drug-likeness (QED) is 0.819. The third kappa shape index (κ3) is 3.14. The van der Waals surface area contributed by atoms with Gasteiger partial charge >= 0.3 is 0 Å². The van der Waals surface area contributed by atoms with Crippen molar-refractivity contribution in [2.75, 3.05) is 30.3 Å². The smallest absolute Gasteiger partial charge is 0.252 e. The van der Waals surface area contributed by atoms with E-state index in [0.29, 0.717) is 23.6 Å². The Kier molecular flexibility index (Phi) is 4.21. The molecular weight excluding hydrogens is 244 g/mol. The van der Waals surface area contributed by atoms with E-state index in [0.717, 1.165) is 26.0 Å². The lowest BCUT2D eigenvalue weighted by molar-refractivity contribution is 0.0998. The second kappa shape index (κ2) is 5.88. The Morgan fingerprint density at radius 2 is 2.42 bits per heavy atom. The molecule has 1 unspecified atom stereocenters. The number of pyridine rings is 1. The van der Waals surface area contributed by atoms with Crippen molar-refractivity contribution in [3.8, 4) is 0 Å². The number of hydrogen-bond acceptors (Lipinski definition) is 5. The van der Waals surface area contributed by atoms with Gasteiger partial charge in [-0.2, -0.15) is 0 Å². The molecule has 0 saturated carbocycles. The average molecular weight is 264 g/mol. The molecule has 104 valence electrons. The summed E-state index contributed by atoms with van der Waals surface area (Å²) in [7, 11) is 0. The molecule has 1 atom stereocenters. The maximum atomic E-state index is 11.5. The first kappa shape index (κ1) is 13.6. The Balaban J connectivity index is 2.23. The van der Waals surface area contributed by atoms with E-state index in [1.54, 1.807) is 12.3 Å². The Bertz CT molecular complexity index is 458. The van der Waals surface area contributed by atoms with Crippen molar-refractivity contribution in [3.05, 3.63) is 17.8 Å². The molecule has 0 spiro atoms. The molecule has 0 aliphatic carbocycles. The molecule has 1 aliphatic rings. The molecule has 19 heavy (non-hydrogen) atoms. The van der Waals surface area contributed by atoms with E-state index < -0.39 is 5.91 Å². The fourth-order valence-corrected chi connectivity index (χ4v) is 2.31. The summed E-state index contributed by atoms with van der Waals surface area (Å²) < 4.78 is 5.62. The summed E-state index contributed by atoms with van der Waals surface area (Å²) in [5, 5.41) is 0. The van der Waals surface area contributed by atoms with Crippen LogP contribution in [0.3, 0.4) is 0 Å². The monoisotopic (exact) mass is 264 g/mol. The maximum Gasteiger partial charge on any atom is 0.252 e. The van der Waals surface area contributed by atoms with Crippen molar-refractivity contribution in [1.29, 1.82) is 0 Å². The second-order valence-corrected chi connectivity index (χ2v) is 4.68. The van der Waals surface area contributed by atoms with Gasteiger partial charge in [0.25, 0.3) is 5.91 Å². The number of nitrogens with two attached hydrogens (primary N) is 2. The van der Waals surface area contributed by atoms with Crippen molar-refractivity contribution >= 4 is 17.4 Å². The highest BCUT2D eigenvalue weighted by Crippen LogP contribution is 2.22. The predicted octanol–water partition coefficient (Wildman–Crippen LogP) is 0.768. The van der Waals surface area contributed by atoms with E-state index in [1.807, 2.05) is 11.8 Å². The summed E-state index contributed by atoms with van der Waals surface area (Å²) in [5.41, 5.74) is 11.8. The van der Waals surface area contributed by atoms with E-state index in [1.165, 1.54) is 0 Å². The van der Waals surface area contributed by atoms with Gasteiger partial charge in [0, 0.05) is 19.7 Å². The summed E-state index contributed by atoms with van der Waals surface area (Å²) >= 11 is 0. The van der Waals surface area contributed by atoms with Crippen LogP contribution in [0.2, 0.25) is 0 Å². The minimum atomic E-state index is -0.513. The van der Waals surface area contributed by atoms with Crippen LogP contribution in [-0.2, 0) is 4.74 Å². The van der Waals surface area contributed by atoms with E-state index in [9.17, 15) is 4.79 Å². The first-order chi connectivity index (χ1) is 9.11. The van der Waals surface area contributed by atoms with Gasteiger partial charge in [0.15, 0.2) is 0 Å². The number of aromatic nitrogens is 1. The number of primary amides is 1. The first-order valence-electron chi connectivity index (χ1n) is 6.53. The van der Waals surface area contributed by atoms with Crippen molar-refractivity contribution in [1.82, 2.24) is 4.98 Å². The first-order valence-corrected chi connectivity index (χ1v) is 6.53. The van der Waals surface area contributed by atoms with Crippen LogP contribution >= 0.6 is 0 Å². The standard InChI is InChI=1S/C13H20N4O2/c1-2-17(8-10-4-3-5-19-10)13-11(12(15)18)6-9(14)7-16-13/h6-7,10H,2-5,8,14H2,1H3,(H2,15,18). The van der Waals surface area contributed by atoms with E-state index >= 15 is 0 Å². The van der Waals surface area contributed by atoms with Crippen molar-refractivity contribution in [3.63, 3.8) is 0 Å². The van der Waals surface area contributed by atoms with Crippen molar-refractivity contribution < 1.29 is 9.53 Å². The lowest BCUT2D eigenvalue weighted by atomic mass is 10.2. The maximum absolute atomic E-state index is 11.5. The molecule has 2 heterocycles. The number of rotatable bonds is 5. The number of nitrogen functional groups attached to an aromatic ring is 1. The molecule has 1 aromatic heterocycles. The molecule has 6 nitrogen and oxygen atoms in total. The average Bonchev–Trinajstić information content (AvgIpc) is 2.89. The Labute approximate surface area is 112 Å². The van der Waals surface area contributed by atoms with Crippen LogP contribution in [-0.4, -0.2) is 36.7 Å². The molecule has 0 bridgehead atoms. The van der Waals surface area contributed by atoms with Crippen LogP contribution < -0.4 is 16.4 Å². The van der Waals surface area contributed by atoms with Gasteiger partial charge in [-0.3, -0.25) is 4.79 Å². The number of nitrogens with zero attached hydrogens (tertiary/aromatic N) is 2. The Morgan fingerprint density at radius 3 is 3.00 bits per heavy atom. The molecule has 1 fully saturated rings. The van der Waals surface area contributed by atoms with E-state index in [2.05, 4.69) is 4.98 Å². The molecule has 1 amide bonds. The van der Waals surface area contributed by atoms with Gasteiger partial charge < -0.3 is 21.1 Å². The summed E-state index contributed by atoms with van der Waals surface area (Å²) in [6, 6.07) is 1.57. The largest absolute Gasteiger partial charge is 0.397 e. The summed E-state index contributed by atoms with van der Waals surface area (Å²) in [4.78, 5) is 17.8. The van der Waals surface area contributed by atoms with Gasteiger partial charge in [0.05, 0.1) is 23.6 Å². The number of hydrogen-bond donors (Lipinski definition) is 2. The zero-order chi connectivity index (χ0) is 13.8. The molecule has 0 aromatic carbocycles. The van der Waals surface area contributed by atoms with Gasteiger partial charge in [-0.05, 0) is 25.8 Å². The summed E-state index contributed by atoms with van der Waals surface area (Å²) in [6.07, 6.45) is 3.86. The number of likely N-dealkylation sites (N-methyl/N-ethyl adjacent to an activating group) is 1. The lowest BCUT2D eigenvalue weighted by Gasteiger charge is -2.26. The zero-order valence-electron chi connectivity index (χ0n) is 11.1. The minimum Gasteiger partial charge on any atom is -0.397 e. The SMILES string of the molecule is CCN(CC1CCCO1)c1ncc(N)cc1C(N)=O. The summed E-state index contributed by atoms with van der Waals surface area (Å²) in [5.74, 6) is 0.0697. The number of amides is 1. The third-order valence-corrected chi connectivity index (χ3v) is 3.28. The zero-order valence-corrected chi connectivity index (χ0v) is 11.1. The fourth-order valence-electron chi connectivity index (χ4n) is 2.31. The normalized spacial score (nSPS) is 18.5. The molecule has 2 rings (SSSR count). The molecule has 4 N–H and O–H groups in total. The van der Waals surface area contributed by atoms with Gasteiger partial charge in [-0.15, -0.1) is 0 Å². The highest BCUT2D eigenvalue weighted by atomic mass is 16.5. The van der Waals surface area contributed by atoms with Gasteiger partial charge in [0.2, 0.25) is 0 Å². The van der Waals surface area contributed by atoms with Crippen molar-refractivity contribution in [2.24, 2.45) is 5.73 Å². The van der Waals surface area contributed by atoms with Gasteiger partial charge in [-0.1, -0.05) is 0 Å². The third-order valence-electron chi connectivity index (χ3n) is 3.28. The van der Waals surface area contributed by atoms with Crippen LogP contribution in [0, 0.1) is 0 Å². The molecule has 0 radical (unpaired) electrons. The molecular formula is C13H20N4O2. The van der Waals surface area contributed by atoms with Crippen molar-refractivity contribution in [2.45, 2.75) is 25.9 Å². The second-order valence-electron chi connectivity index (χ2n) is 4.68. The Morgan fingerprint density at radius 1 is 1.63 bits per heavy atom. The number of carbonyl (C=O) groups excluding carboxylic acids is 1. The van der Waals surface area contributed by atoms with E-state index in [4.69, 9.17) is 16.2 Å². The van der Waals surface area contributed by atoms with Crippen LogP contribution in [0.1, 0.15) is 30.1 Å².